The Hall–Kier alpha value is -6.34. The third-order valence-electron chi connectivity index (χ3n) is 9.49. The number of urea groups is 1. The van der Waals surface area contributed by atoms with E-state index < -0.39 is 11.6 Å². The zero-order valence-electron chi connectivity index (χ0n) is 28.0. The van der Waals surface area contributed by atoms with Crippen LogP contribution in [0.2, 0.25) is 0 Å². The Morgan fingerprint density at radius 3 is 2.16 bits per heavy atom. The monoisotopic (exact) mass is 657 g/mol. The molecule has 1 atom stereocenters. The minimum absolute atomic E-state index is 0.380. The molecule has 0 saturated heterocycles. The Kier molecular flexibility index (Phi) is 7.60. The molecule has 6 aromatic carbocycles. The maximum atomic E-state index is 14.8. The van der Waals surface area contributed by atoms with E-state index in [1.54, 1.807) is 11.0 Å². The van der Waals surface area contributed by atoms with Gasteiger partial charge in [-0.2, -0.15) is 0 Å². The van der Waals surface area contributed by atoms with Crippen molar-refractivity contribution < 1.29 is 19.1 Å². The van der Waals surface area contributed by atoms with Gasteiger partial charge in [0.25, 0.3) is 0 Å². The van der Waals surface area contributed by atoms with E-state index >= 15 is 0 Å². The Labute approximate surface area is 291 Å². The van der Waals surface area contributed by atoms with Crippen molar-refractivity contribution in [3.05, 3.63) is 173 Å². The van der Waals surface area contributed by atoms with Gasteiger partial charge < -0.3 is 19.7 Å². The second-order valence-corrected chi connectivity index (χ2v) is 12.5. The van der Waals surface area contributed by atoms with Gasteiger partial charge in [-0.3, -0.25) is 4.90 Å². The van der Waals surface area contributed by atoms with Gasteiger partial charge in [0.1, 0.15) is 11.5 Å². The highest BCUT2D eigenvalue weighted by molar-refractivity contribution is 6.09. The van der Waals surface area contributed by atoms with E-state index in [0.29, 0.717) is 57.4 Å². The molecule has 0 aromatic heterocycles. The van der Waals surface area contributed by atoms with Gasteiger partial charge in [0.15, 0.2) is 5.60 Å². The van der Waals surface area contributed by atoms with Crippen molar-refractivity contribution in [2.24, 2.45) is 0 Å². The number of benzene rings is 6. The van der Waals surface area contributed by atoms with Crippen LogP contribution in [0.5, 0.6) is 11.5 Å². The molecule has 0 fully saturated rings. The molecule has 2 heterocycles. The molecule has 1 unspecified atom stereocenters. The van der Waals surface area contributed by atoms with Crippen molar-refractivity contribution in [2.45, 2.75) is 26.4 Å². The third-order valence-corrected chi connectivity index (χ3v) is 9.49. The number of fused-ring (bicyclic) bond motifs is 6. The number of nitrogens with one attached hydrogen (secondary N) is 1. The number of ether oxygens (including phenoxy) is 2. The van der Waals surface area contributed by atoms with Crippen LogP contribution in [-0.4, -0.2) is 18.5 Å². The Morgan fingerprint density at radius 2 is 1.38 bits per heavy atom. The second kappa shape index (κ2) is 12.3. The molecule has 0 aliphatic carbocycles. The largest absolute Gasteiger partial charge is 0.456 e. The lowest BCUT2D eigenvalue weighted by Gasteiger charge is -2.39. The van der Waals surface area contributed by atoms with E-state index in [9.17, 15) is 9.59 Å². The number of nitrogens with zero attached hydrogens (tertiary/aromatic N) is 2. The minimum Gasteiger partial charge on any atom is -0.456 e. The lowest BCUT2D eigenvalue weighted by molar-refractivity contribution is 0.0226. The first-order chi connectivity index (χ1) is 24.4. The molecule has 2 amide bonds. The SMILES string of the molecule is CCN(c1ccc(C)cc1)c1ccc(C)c(N(C(=O)Nc2ccccc2)c2cccc3c2C2(OC(=O)c4ccccc42)c2ccccc2O3)c1. The summed E-state index contributed by atoms with van der Waals surface area (Å²) in [5.74, 6) is 0.636. The summed E-state index contributed by atoms with van der Waals surface area (Å²) < 4.78 is 13.1. The predicted octanol–water partition coefficient (Wildman–Crippen LogP) is 10.4. The molecule has 2 aliphatic rings. The number of carbonyl (C=O) groups excluding carboxylic acids is 2. The van der Waals surface area contributed by atoms with E-state index in [-0.39, 0.29) is 6.03 Å². The summed E-state index contributed by atoms with van der Waals surface area (Å²) in [6.07, 6.45) is 0. The molecular weight excluding hydrogens is 622 g/mol. The molecule has 1 N–H and O–H groups in total. The van der Waals surface area contributed by atoms with E-state index in [0.717, 1.165) is 16.9 Å². The van der Waals surface area contributed by atoms with Crippen molar-refractivity contribution in [3.8, 4) is 11.5 Å². The third kappa shape index (κ3) is 4.98. The molecule has 0 radical (unpaired) electrons. The van der Waals surface area contributed by atoms with Crippen LogP contribution in [0.4, 0.5) is 33.2 Å². The van der Waals surface area contributed by atoms with Gasteiger partial charge >= 0.3 is 12.0 Å². The molecule has 246 valence electrons. The summed E-state index contributed by atoms with van der Waals surface area (Å²) in [6.45, 7) is 6.88. The highest BCUT2D eigenvalue weighted by Gasteiger charge is 2.55. The lowest BCUT2D eigenvalue weighted by Crippen LogP contribution is -2.38. The second-order valence-electron chi connectivity index (χ2n) is 12.5. The summed E-state index contributed by atoms with van der Waals surface area (Å²) in [6, 6.07) is 44.2. The van der Waals surface area contributed by atoms with Crippen molar-refractivity contribution in [3.63, 3.8) is 0 Å². The number of aryl methyl sites for hydroxylation is 2. The number of esters is 1. The van der Waals surface area contributed by atoms with Crippen LogP contribution >= 0.6 is 0 Å². The van der Waals surface area contributed by atoms with Gasteiger partial charge in [-0.25, -0.2) is 9.59 Å². The summed E-state index contributed by atoms with van der Waals surface area (Å²) in [5, 5.41) is 3.12. The average molecular weight is 658 g/mol. The first-order valence-electron chi connectivity index (χ1n) is 16.7. The van der Waals surface area contributed by atoms with Gasteiger partial charge in [-0.15, -0.1) is 0 Å². The van der Waals surface area contributed by atoms with Crippen LogP contribution in [0, 0.1) is 13.8 Å². The van der Waals surface area contributed by atoms with Crippen molar-refractivity contribution in [2.75, 3.05) is 21.7 Å². The number of hydrogen-bond acceptors (Lipinski definition) is 5. The van der Waals surface area contributed by atoms with Crippen LogP contribution in [0.15, 0.2) is 140 Å². The van der Waals surface area contributed by atoms with Crippen molar-refractivity contribution >= 4 is 40.4 Å². The minimum atomic E-state index is -1.37. The number of carbonyl (C=O) groups is 2. The van der Waals surface area contributed by atoms with Gasteiger partial charge in [-0.05, 0) is 87.0 Å². The van der Waals surface area contributed by atoms with E-state index in [4.69, 9.17) is 9.47 Å². The molecular formula is C43H35N3O4. The lowest BCUT2D eigenvalue weighted by atomic mass is 9.76. The van der Waals surface area contributed by atoms with E-state index in [1.165, 1.54) is 5.56 Å². The Bertz CT molecular complexity index is 2270. The number of amides is 2. The summed E-state index contributed by atoms with van der Waals surface area (Å²) >= 11 is 0. The predicted molar refractivity (Wildman–Crippen MR) is 197 cm³/mol. The quantitative estimate of drug-likeness (QED) is 0.181. The smallest absolute Gasteiger partial charge is 0.340 e. The van der Waals surface area contributed by atoms with Crippen LogP contribution in [0.1, 0.15) is 45.1 Å². The number of rotatable bonds is 6. The summed E-state index contributed by atoms with van der Waals surface area (Å²) in [5.41, 5.74) is 6.91. The first kappa shape index (κ1) is 31.0. The topological polar surface area (TPSA) is 71.1 Å². The van der Waals surface area contributed by atoms with Crippen LogP contribution in [0.3, 0.4) is 0 Å². The average Bonchev–Trinajstić information content (AvgIpc) is 3.43. The van der Waals surface area contributed by atoms with Crippen LogP contribution < -0.4 is 19.9 Å². The van der Waals surface area contributed by atoms with Gasteiger partial charge in [0, 0.05) is 34.7 Å². The maximum Gasteiger partial charge on any atom is 0.340 e. The zero-order chi connectivity index (χ0) is 34.4. The number of anilines is 5. The van der Waals surface area contributed by atoms with Crippen molar-refractivity contribution in [1.29, 1.82) is 0 Å². The summed E-state index contributed by atoms with van der Waals surface area (Å²) in [7, 11) is 0. The van der Waals surface area contributed by atoms with Crippen LogP contribution in [0.25, 0.3) is 0 Å². The highest BCUT2D eigenvalue weighted by atomic mass is 16.6. The standard InChI is InChI=1S/C43H35N3O4/c1-4-45(31-24-21-28(2)22-25-31)32-26-23-29(3)37(27-32)46(42(48)44-30-13-6-5-7-14-30)36-18-12-20-39-40(36)43(35-17-10-11-19-38(35)49-39)34-16-9-8-15-33(34)41(47)50-43/h5-27H,4H2,1-3H3,(H,44,48). The highest BCUT2D eigenvalue weighted by Crippen LogP contribution is 2.59. The molecule has 50 heavy (non-hydrogen) atoms. The zero-order valence-corrected chi connectivity index (χ0v) is 28.0. The normalized spacial score (nSPS) is 15.3. The van der Waals surface area contributed by atoms with E-state index in [2.05, 4.69) is 54.4 Å². The van der Waals surface area contributed by atoms with Gasteiger partial charge in [0.2, 0.25) is 0 Å². The summed E-state index contributed by atoms with van der Waals surface area (Å²) in [4.78, 5) is 32.4. The molecule has 0 saturated carbocycles. The maximum absolute atomic E-state index is 14.8. The number of para-hydroxylation sites is 2. The fourth-order valence-electron chi connectivity index (χ4n) is 7.14. The number of hydrogen-bond donors (Lipinski definition) is 1. The van der Waals surface area contributed by atoms with Crippen molar-refractivity contribution in [1.82, 2.24) is 0 Å². The fraction of sp³-hybridized carbons (Fsp3) is 0.116. The van der Waals surface area contributed by atoms with E-state index in [1.807, 2.05) is 110 Å². The first-order valence-corrected chi connectivity index (χ1v) is 16.7. The van der Waals surface area contributed by atoms with Gasteiger partial charge in [0.05, 0.1) is 22.5 Å². The molecule has 7 heteroatoms. The molecule has 0 bridgehead atoms. The molecule has 7 nitrogen and oxygen atoms in total. The van der Waals surface area contributed by atoms with Crippen LogP contribution in [-0.2, 0) is 10.3 Å². The molecule has 1 spiro atoms. The Morgan fingerprint density at radius 1 is 0.700 bits per heavy atom. The van der Waals surface area contributed by atoms with Gasteiger partial charge in [-0.1, -0.05) is 84.4 Å². The molecule has 6 aromatic rings. The fourth-order valence-corrected chi connectivity index (χ4v) is 7.14. The molecule has 8 rings (SSSR count). The Balaban J connectivity index is 1.38. The molecule has 2 aliphatic heterocycles.